The van der Waals surface area contributed by atoms with E-state index in [2.05, 4.69) is 4.90 Å². The molecule has 0 spiro atoms. The Morgan fingerprint density at radius 3 is 2.32 bits per heavy atom. The van der Waals surface area contributed by atoms with E-state index in [4.69, 9.17) is 0 Å². The zero-order chi connectivity index (χ0) is 14.8. The highest BCUT2D eigenvalue weighted by atomic mass is 16.4. The molecule has 1 N–H and O–H groups in total. The van der Waals surface area contributed by atoms with Crippen LogP contribution in [0.5, 0.6) is 0 Å². The van der Waals surface area contributed by atoms with Crippen LogP contribution in [-0.2, 0) is 9.59 Å². The molecule has 5 heteroatoms. The quantitative estimate of drug-likeness (QED) is 0.768. The van der Waals surface area contributed by atoms with Gasteiger partial charge in [0.1, 0.15) is 5.92 Å². The van der Waals surface area contributed by atoms with Gasteiger partial charge in [-0.2, -0.15) is 0 Å². The van der Waals surface area contributed by atoms with Gasteiger partial charge >= 0.3 is 5.97 Å². The molecule has 0 radical (unpaired) electrons. The lowest BCUT2D eigenvalue weighted by molar-refractivity contribution is -0.157. The van der Waals surface area contributed by atoms with Crippen LogP contribution >= 0.6 is 0 Å². The largest absolute Gasteiger partial charge is 0.481 e. The minimum atomic E-state index is -1.03. The van der Waals surface area contributed by atoms with E-state index in [1.807, 2.05) is 14.0 Å². The summed E-state index contributed by atoms with van der Waals surface area (Å²) in [5.74, 6) is -2.25. The molecule has 0 bridgehead atoms. The number of carbonyl (C=O) groups is 2. The van der Waals surface area contributed by atoms with Crippen LogP contribution in [0.1, 0.15) is 34.1 Å². The average molecular weight is 270 g/mol. The van der Waals surface area contributed by atoms with Gasteiger partial charge in [-0.1, -0.05) is 20.8 Å². The minimum Gasteiger partial charge on any atom is -0.481 e. The van der Waals surface area contributed by atoms with Crippen LogP contribution in [0.2, 0.25) is 0 Å². The van der Waals surface area contributed by atoms with Gasteiger partial charge in [-0.15, -0.1) is 0 Å². The normalized spacial score (nSPS) is 23.8. The molecule has 5 nitrogen and oxygen atoms in total. The maximum absolute atomic E-state index is 12.6. The SMILES string of the molecule is CC1CN(C)CCCN1C(=O)C(C(=O)O)C(C)(C)C. The topological polar surface area (TPSA) is 60.9 Å². The molecule has 0 aromatic heterocycles. The Bertz CT molecular complexity index is 349. The Labute approximate surface area is 115 Å². The van der Waals surface area contributed by atoms with Gasteiger partial charge in [0.05, 0.1) is 0 Å². The number of hydrogen-bond donors (Lipinski definition) is 1. The zero-order valence-electron chi connectivity index (χ0n) is 12.6. The van der Waals surface area contributed by atoms with E-state index in [1.165, 1.54) is 0 Å². The van der Waals surface area contributed by atoms with E-state index in [0.29, 0.717) is 6.54 Å². The Morgan fingerprint density at radius 2 is 1.84 bits per heavy atom. The number of carboxylic acids is 1. The number of rotatable bonds is 2. The number of hydrogen-bond acceptors (Lipinski definition) is 3. The first-order valence-corrected chi connectivity index (χ1v) is 6.86. The molecule has 1 heterocycles. The lowest BCUT2D eigenvalue weighted by Gasteiger charge is -2.34. The van der Waals surface area contributed by atoms with Crippen molar-refractivity contribution in [2.24, 2.45) is 11.3 Å². The highest BCUT2D eigenvalue weighted by Gasteiger charge is 2.41. The first-order chi connectivity index (χ1) is 8.64. The van der Waals surface area contributed by atoms with Crippen molar-refractivity contribution in [2.45, 2.75) is 40.2 Å². The van der Waals surface area contributed by atoms with Crippen LogP contribution in [0.4, 0.5) is 0 Å². The fraction of sp³-hybridized carbons (Fsp3) is 0.857. The highest BCUT2D eigenvalue weighted by Crippen LogP contribution is 2.29. The summed E-state index contributed by atoms with van der Waals surface area (Å²) >= 11 is 0. The molecule has 1 rings (SSSR count). The lowest BCUT2D eigenvalue weighted by atomic mass is 9.79. The molecule has 2 unspecified atom stereocenters. The van der Waals surface area contributed by atoms with Gasteiger partial charge in [-0.05, 0) is 32.4 Å². The summed E-state index contributed by atoms with van der Waals surface area (Å²) in [7, 11) is 2.03. The summed E-state index contributed by atoms with van der Waals surface area (Å²) in [6.07, 6.45) is 0.892. The van der Waals surface area contributed by atoms with Gasteiger partial charge < -0.3 is 14.9 Å². The molecule has 1 fully saturated rings. The second-order valence-electron chi connectivity index (χ2n) is 6.63. The number of aliphatic carboxylic acids is 1. The van der Waals surface area contributed by atoms with Gasteiger partial charge in [-0.3, -0.25) is 9.59 Å². The number of likely N-dealkylation sites (N-methyl/N-ethyl adjacent to an activating group) is 1. The zero-order valence-corrected chi connectivity index (χ0v) is 12.6. The van der Waals surface area contributed by atoms with Crippen molar-refractivity contribution in [1.82, 2.24) is 9.80 Å². The first kappa shape index (κ1) is 16.0. The second kappa shape index (κ2) is 5.90. The van der Waals surface area contributed by atoms with Crippen molar-refractivity contribution in [3.05, 3.63) is 0 Å². The van der Waals surface area contributed by atoms with Crippen LogP contribution in [0, 0.1) is 11.3 Å². The molecule has 110 valence electrons. The molecule has 0 saturated carbocycles. The predicted molar refractivity (Wildman–Crippen MR) is 73.9 cm³/mol. The summed E-state index contributed by atoms with van der Waals surface area (Å²) in [6, 6.07) is 0.0594. The molecule has 1 saturated heterocycles. The second-order valence-corrected chi connectivity index (χ2v) is 6.63. The molecular weight excluding hydrogens is 244 g/mol. The number of carboxylic acid groups (broad SMARTS) is 1. The summed E-state index contributed by atoms with van der Waals surface area (Å²) in [5, 5.41) is 9.36. The van der Waals surface area contributed by atoms with E-state index < -0.39 is 17.3 Å². The van der Waals surface area contributed by atoms with E-state index in [9.17, 15) is 14.7 Å². The van der Waals surface area contributed by atoms with E-state index >= 15 is 0 Å². The maximum atomic E-state index is 12.6. The Hall–Kier alpha value is -1.10. The van der Waals surface area contributed by atoms with Gasteiger partial charge in [0, 0.05) is 19.1 Å². The standard InChI is InChI=1S/C14H26N2O3/c1-10-9-15(5)7-6-8-16(10)12(17)11(13(18)19)14(2,3)4/h10-11H,6-9H2,1-5H3,(H,18,19). The minimum absolute atomic E-state index is 0.0594. The fourth-order valence-electron chi connectivity index (χ4n) is 2.71. The van der Waals surface area contributed by atoms with Gasteiger partial charge in [0.2, 0.25) is 5.91 Å². The van der Waals surface area contributed by atoms with Crippen molar-refractivity contribution in [1.29, 1.82) is 0 Å². The predicted octanol–water partition coefficient (Wildman–Crippen LogP) is 1.29. The van der Waals surface area contributed by atoms with Crippen LogP contribution in [0.15, 0.2) is 0 Å². The highest BCUT2D eigenvalue weighted by molar-refractivity contribution is 5.97. The van der Waals surface area contributed by atoms with E-state index in [0.717, 1.165) is 19.5 Å². The van der Waals surface area contributed by atoms with Crippen molar-refractivity contribution in [3.8, 4) is 0 Å². The number of amides is 1. The van der Waals surface area contributed by atoms with E-state index in [-0.39, 0.29) is 11.9 Å². The molecule has 19 heavy (non-hydrogen) atoms. The number of nitrogens with zero attached hydrogens (tertiary/aromatic N) is 2. The molecule has 0 aromatic rings. The third-order valence-electron chi connectivity index (χ3n) is 3.69. The van der Waals surface area contributed by atoms with E-state index in [1.54, 1.807) is 25.7 Å². The maximum Gasteiger partial charge on any atom is 0.316 e. The van der Waals surface area contributed by atoms with Gasteiger partial charge in [-0.25, -0.2) is 0 Å². The third-order valence-corrected chi connectivity index (χ3v) is 3.69. The Morgan fingerprint density at radius 1 is 1.26 bits per heavy atom. The Balaban J connectivity index is 2.93. The lowest BCUT2D eigenvalue weighted by Crippen LogP contribution is -2.50. The van der Waals surface area contributed by atoms with Crippen molar-refractivity contribution in [3.63, 3.8) is 0 Å². The smallest absolute Gasteiger partial charge is 0.316 e. The summed E-state index contributed by atoms with van der Waals surface area (Å²) < 4.78 is 0. The Kier molecular flexibility index (Phi) is 4.96. The summed E-state index contributed by atoms with van der Waals surface area (Å²) in [4.78, 5) is 27.9. The molecule has 1 amide bonds. The molecule has 2 atom stereocenters. The monoisotopic (exact) mass is 270 g/mol. The summed E-state index contributed by atoms with van der Waals surface area (Å²) in [6.45, 7) is 9.78. The van der Waals surface area contributed by atoms with Crippen molar-refractivity contribution >= 4 is 11.9 Å². The van der Waals surface area contributed by atoms with Crippen molar-refractivity contribution in [2.75, 3.05) is 26.7 Å². The van der Waals surface area contributed by atoms with Gasteiger partial charge in [0.25, 0.3) is 0 Å². The number of carbonyl (C=O) groups excluding carboxylic acids is 1. The van der Waals surface area contributed by atoms with Gasteiger partial charge in [0.15, 0.2) is 0 Å². The van der Waals surface area contributed by atoms with Crippen LogP contribution in [-0.4, -0.2) is 59.5 Å². The summed E-state index contributed by atoms with van der Waals surface area (Å²) in [5.41, 5.74) is -0.569. The third kappa shape index (κ3) is 3.93. The fourth-order valence-corrected chi connectivity index (χ4v) is 2.71. The molecule has 0 aromatic carbocycles. The van der Waals surface area contributed by atoms with Crippen LogP contribution < -0.4 is 0 Å². The molecule has 1 aliphatic rings. The molecule has 1 aliphatic heterocycles. The first-order valence-electron chi connectivity index (χ1n) is 6.86. The van der Waals surface area contributed by atoms with Crippen LogP contribution in [0.25, 0.3) is 0 Å². The average Bonchev–Trinajstić information content (AvgIpc) is 2.36. The molecule has 0 aliphatic carbocycles. The molecular formula is C14H26N2O3. The van der Waals surface area contributed by atoms with Crippen molar-refractivity contribution < 1.29 is 14.7 Å². The van der Waals surface area contributed by atoms with Crippen LogP contribution in [0.3, 0.4) is 0 Å².